The molecule has 1 aliphatic rings. The smallest absolute Gasteiger partial charge is 0.315 e. The number of carbonyl (C=O) groups is 2. The lowest BCUT2D eigenvalue weighted by Crippen LogP contribution is -2.44. The van der Waals surface area contributed by atoms with E-state index in [-0.39, 0.29) is 23.7 Å². The van der Waals surface area contributed by atoms with Gasteiger partial charge in [0.15, 0.2) is 0 Å². The second kappa shape index (κ2) is 8.28. The fraction of sp³-hybridized carbons (Fsp3) is 0.500. The molecule has 8 nitrogen and oxygen atoms in total. The molecule has 0 unspecified atom stereocenters. The van der Waals surface area contributed by atoms with Crippen LogP contribution in [0.25, 0.3) is 0 Å². The number of nitro benzene ring substituents is 1. The summed E-state index contributed by atoms with van der Waals surface area (Å²) >= 11 is 0. The first-order valence-corrected chi connectivity index (χ1v) is 7.96. The third-order valence-corrected chi connectivity index (χ3v) is 4.26. The van der Waals surface area contributed by atoms with Crippen LogP contribution in [0, 0.1) is 16.0 Å². The highest BCUT2D eigenvalue weighted by Gasteiger charge is 2.26. The predicted molar refractivity (Wildman–Crippen MR) is 86.7 cm³/mol. The highest BCUT2D eigenvalue weighted by Crippen LogP contribution is 2.24. The van der Waals surface area contributed by atoms with Crippen LogP contribution in [-0.4, -0.2) is 34.6 Å². The van der Waals surface area contributed by atoms with Crippen LogP contribution in [-0.2, 0) is 11.2 Å². The minimum absolute atomic E-state index is 0.0139. The maximum atomic E-state index is 11.8. The molecule has 0 aromatic heterocycles. The number of hydrogen-bond donors (Lipinski definition) is 3. The molecule has 2 rings (SSSR count). The normalized spacial score (nSPS) is 20.2. The van der Waals surface area contributed by atoms with Gasteiger partial charge in [-0.15, -0.1) is 0 Å². The lowest BCUT2D eigenvalue weighted by molar-refractivity contribution is -0.384. The highest BCUT2D eigenvalue weighted by molar-refractivity contribution is 5.74. The van der Waals surface area contributed by atoms with E-state index in [1.165, 1.54) is 12.1 Å². The average molecular weight is 335 g/mol. The van der Waals surface area contributed by atoms with E-state index in [2.05, 4.69) is 10.6 Å². The van der Waals surface area contributed by atoms with E-state index in [0.29, 0.717) is 38.6 Å². The molecule has 24 heavy (non-hydrogen) atoms. The van der Waals surface area contributed by atoms with E-state index in [0.717, 1.165) is 5.56 Å². The van der Waals surface area contributed by atoms with Gasteiger partial charge in [-0.05, 0) is 37.7 Å². The maximum Gasteiger partial charge on any atom is 0.315 e. The molecule has 1 aliphatic carbocycles. The van der Waals surface area contributed by atoms with Crippen LogP contribution in [0.3, 0.4) is 0 Å². The summed E-state index contributed by atoms with van der Waals surface area (Å²) in [5, 5.41) is 25.1. The molecule has 130 valence electrons. The van der Waals surface area contributed by atoms with E-state index in [9.17, 15) is 19.7 Å². The Kier molecular flexibility index (Phi) is 6.11. The van der Waals surface area contributed by atoms with Gasteiger partial charge in [0.2, 0.25) is 0 Å². The van der Waals surface area contributed by atoms with Crippen LogP contribution in [0.1, 0.15) is 31.2 Å². The van der Waals surface area contributed by atoms with Crippen LogP contribution in [0.5, 0.6) is 0 Å². The summed E-state index contributed by atoms with van der Waals surface area (Å²) in [7, 11) is 0. The van der Waals surface area contributed by atoms with Crippen molar-refractivity contribution in [3.63, 3.8) is 0 Å². The minimum atomic E-state index is -0.763. The van der Waals surface area contributed by atoms with Crippen molar-refractivity contribution in [2.24, 2.45) is 5.92 Å². The number of carbonyl (C=O) groups excluding carboxylic acids is 1. The van der Waals surface area contributed by atoms with Gasteiger partial charge in [0.25, 0.3) is 5.69 Å². The number of aliphatic carboxylic acids is 1. The first-order chi connectivity index (χ1) is 11.5. The van der Waals surface area contributed by atoms with Crippen LogP contribution < -0.4 is 10.6 Å². The van der Waals surface area contributed by atoms with Gasteiger partial charge >= 0.3 is 12.0 Å². The average Bonchev–Trinajstić information content (AvgIpc) is 2.55. The molecule has 0 aliphatic heterocycles. The summed E-state index contributed by atoms with van der Waals surface area (Å²) in [4.78, 5) is 32.8. The lowest BCUT2D eigenvalue weighted by Gasteiger charge is -2.26. The van der Waals surface area contributed by atoms with Gasteiger partial charge in [-0.25, -0.2) is 4.79 Å². The number of hydrogen-bond acceptors (Lipinski definition) is 4. The topological polar surface area (TPSA) is 122 Å². The molecule has 2 amide bonds. The molecule has 1 saturated carbocycles. The van der Waals surface area contributed by atoms with Crippen LogP contribution in [0.4, 0.5) is 10.5 Å². The van der Waals surface area contributed by atoms with Crippen molar-refractivity contribution in [3.8, 4) is 0 Å². The molecule has 8 heteroatoms. The van der Waals surface area contributed by atoms with Gasteiger partial charge in [-0.3, -0.25) is 14.9 Å². The molecular formula is C16H21N3O5. The third-order valence-electron chi connectivity index (χ3n) is 4.26. The monoisotopic (exact) mass is 335 g/mol. The van der Waals surface area contributed by atoms with Gasteiger partial charge in [0, 0.05) is 24.7 Å². The molecule has 3 N–H and O–H groups in total. The molecule has 1 aromatic carbocycles. The van der Waals surface area contributed by atoms with E-state index in [1.54, 1.807) is 12.1 Å². The highest BCUT2D eigenvalue weighted by atomic mass is 16.6. The predicted octanol–water partition coefficient (Wildman–Crippen LogP) is 2.08. The maximum absolute atomic E-state index is 11.8. The number of nitrogens with zero attached hydrogens (tertiary/aromatic N) is 1. The Bertz CT molecular complexity index is 594. The molecule has 0 heterocycles. The van der Waals surface area contributed by atoms with Crippen molar-refractivity contribution in [1.82, 2.24) is 10.6 Å². The molecule has 0 atom stereocenters. The van der Waals surface area contributed by atoms with Crippen LogP contribution in [0.2, 0.25) is 0 Å². The van der Waals surface area contributed by atoms with Crippen molar-refractivity contribution in [2.45, 2.75) is 38.1 Å². The second-order valence-corrected chi connectivity index (χ2v) is 5.96. The first-order valence-electron chi connectivity index (χ1n) is 7.96. The van der Waals surface area contributed by atoms with Crippen molar-refractivity contribution in [2.75, 3.05) is 6.54 Å². The van der Waals surface area contributed by atoms with Crippen molar-refractivity contribution in [1.29, 1.82) is 0 Å². The Balaban J connectivity index is 1.66. The Labute approximate surface area is 139 Å². The fourth-order valence-electron chi connectivity index (χ4n) is 2.83. The van der Waals surface area contributed by atoms with Crippen molar-refractivity contribution < 1.29 is 19.6 Å². The first kappa shape index (κ1) is 17.7. The standard InChI is InChI=1S/C16H21N3O5/c20-15(21)12-3-5-13(6-4-12)18-16(22)17-10-9-11-1-7-14(8-2-11)19(23)24/h1-2,7-8,12-13H,3-6,9-10H2,(H,20,21)(H2,17,18,22). The summed E-state index contributed by atoms with van der Waals surface area (Å²) in [6.45, 7) is 0.425. The molecule has 1 aromatic rings. The van der Waals surface area contributed by atoms with E-state index in [4.69, 9.17) is 5.11 Å². The number of nitrogens with one attached hydrogen (secondary N) is 2. The summed E-state index contributed by atoms with van der Waals surface area (Å²) in [6.07, 6.45) is 3.10. The van der Waals surface area contributed by atoms with Crippen molar-refractivity contribution in [3.05, 3.63) is 39.9 Å². The molecule has 0 spiro atoms. The van der Waals surface area contributed by atoms with Gasteiger partial charge in [-0.1, -0.05) is 12.1 Å². The molecule has 0 bridgehead atoms. The Morgan fingerprint density at radius 1 is 1.17 bits per heavy atom. The van der Waals surface area contributed by atoms with E-state index >= 15 is 0 Å². The summed E-state index contributed by atoms with van der Waals surface area (Å²) in [6, 6.07) is 5.97. The fourth-order valence-corrected chi connectivity index (χ4v) is 2.83. The Hall–Kier alpha value is -2.64. The minimum Gasteiger partial charge on any atom is -0.481 e. The number of carboxylic acid groups (broad SMARTS) is 1. The number of rotatable bonds is 6. The van der Waals surface area contributed by atoms with E-state index < -0.39 is 10.9 Å². The van der Waals surface area contributed by atoms with Gasteiger partial charge in [-0.2, -0.15) is 0 Å². The zero-order valence-corrected chi connectivity index (χ0v) is 13.2. The van der Waals surface area contributed by atoms with Gasteiger partial charge in [0.1, 0.15) is 0 Å². The lowest BCUT2D eigenvalue weighted by atomic mass is 9.86. The number of amides is 2. The molecule has 0 saturated heterocycles. The van der Waals surface area contributed by atoms with Crippen LogP contribution in [0.15, 0.2) is 24.3 Å². The van der Waals surface area contributed by atoms with Crippen LogP contribution >= 0.6 is 0 Å². The van der Waals surface area contributed by atoms with Crippen molar-refractivity contribution >= 4 is 17.7 Å². The van der Waals surface area contributed by atoms with Gasteiger partial charge in [0.05, 0.1) is 10.8 Å². The number of benzene rings is 1. The Morgan fingerprint density at radius 2 is 1.79 bits per heavy atom. The molecule has 0 radical (unpaired) electrons. The zero-order valence-electron chi connectivity index (χ0n) is 13.2. The SMILES string of the molecule is O=C(NCCc1ccc([N+](=O)[O-])cc1)NC1CCC(C(=O)O)CC1. The largest absolute Gasteiger partial charge is 0.481 e. The number of non-ortho nitro benzene ring substituents is 1. The quantitative estimate of drug-likeness (QED) is 0.543. The van der Waals surface area contributed by atoms with E-state index in [1.807, 2.05) is 0 Å². The number of carboxylic acids is 1. The zero-order chi connectivity index (χ0) is 17.5. The van der Waals surface area contributed by atoms with Gasteiger partial charge < -0.3 is 15.7 Å². The number of nitro groups is 1. The number of urea groups is 1. The second-order valence-electron chi connectivity index (χ2n) is 5.96. The molecule has 1 fully saturated rings. The summed E-state index contributed by atoms with van der Waals surface area (Å²) in [5.41, 5.74) is 0.948. The Morgan fingerprint density at radius 3 is 2.33 bits per heavy atom. The third kappa shape index (κ3) is 5.22. The summed E-state index contributed by atoms with van der Waals surface area (Å²) in [5.74, 6) is -1.06. The molecular weight excluding hydrogens is 314 g/mol. The summed E-state index contributed by atoms with van der Waals surface area (Å²) < 4.78 is 0.